The van der Waals surface area contributed by atoms with Crippen LogP contribution in [-0.4, -0.2) is 75.5 Å². The fourth-order valence-electron chi connectivity index (χ4n) is 0. The molecular weight excluding hydrogens is 142 g/mol. The molecule has 0 N–H and O–H groups in total. The Morgan fingerprint density at radius 2 is 1.00 bits per heavy atom. The van der Waals surface area contributed by atoms with E-state index in [9.17, 15) is 0 Å². The summed E-state index contributed by atoms with van der Waals surface area (Å²) in [6, 6.07) is 0. The Labute approximate surface area is 160 Å². The van der Waals surface area contributed by atoms with Gasteiger partial charge in [-0.25, -0.2) is 0 Å². The molecule has 0 bridgehead atoms. The van der Waals surface area contributed by atoms with E-state index in [2.05, 4.69) is 0 Å². The van der Waals surface area contributed by atoms with Gasteiger partial charge in [-0.15, -0.1) is 0 Å². The average Bonchev–Trinajstić information content (AvgIpc) is 0. The molecule has 0 aromatic rings. The van der Waals surface area contributed by atoms with Crippen LogP contribution in [0.25, 0.3) is 0 Å². The summed E-state index contributed by atoms with van der Waals surface area (Å²) in [5, 5.41) is 0. The van der Waals surface area contributed by atoms with Gasteiger partial charge in [0.25, 0.3) is 0 Å². The molecule has 0 unspecified atom stereocenters. The van der Waals surface area contributed by atoms with Crippen molar-refractivity contribution >= 4 is 75.5 Å². The minimum absolute atomic E-state index is 0. The maximum atomic E-state index is 0. The van der Waals surface area contributed by atoms with Crippen LogP contribution in [-0.2, 0) is 0 Å². The monoisotopic (exact) mass is 148 g/mol. The summed E-state index contributed by atoms with van der Waals surface area (Å²) >= 11 is 0. The zero-order chi connectivity index (χ0) is 0. The van der Waals surface area contributed by atoms with Crippen LogP contribution >= 0.6 is 0 Å². The summed E-state index contributed by atoms with van der Waals surface area (Å²) in [5.74, 6) is 0. The van der Waals surface area contributed by atoms with Crippen LogP contribution in [0.5, 0.6) is 0 Å². The third kappa shape index (κ3) is 10.2. The normalized spacial score (nSPS) is 0. The predicted octanol–water partition coefficient (Wildman–Crippen LogP) is -6.08. The van der Waals surface area contributed by atoms with Crippen molar-refractivity contribution in [3.05, 3.63) is 0 Å². The first kappa shape index (κ1) is 22.9. The molecule has 4 heavy (non-hydrogen) atoms. The largest absolute Gasteiger partial charge is 2.00 e. The molecule has 4 heteroatoms. The molecule has 0 heterocycles. The zero-order valence-electron chi connectivity index (χ0n) is 9.41. The van der Waals surface area contributed by atoms with E-state index in [0.29, 0.717) is 0 Å². The molecule has 0 aromatic carbocycles. The number of rotatable bonds is 0. The van der Waals surface area contributed by atoms with Gasteiger partial charge < -0.3 is 8.56 Å². The quantitative estimate of drug-likeness (QED) is 0.300. The van der Waals surface area contributed by atoms with Crippen molar-refractivity contribution in [2.24, 2.45) is 0 Å². The van der Waals surface area contributed by atoms with Crippen LogP contribution in [0.15, 0.2) is 0 Å². The first-order chi connectivity index (χ1) is 0. The molecule has 0 saturated carbocycles. The molecule has 0 aliphatic carbocycles. The molecule has 0 aliphatic rings. The van der Waals surface area contributed by atoms with Crippen LogP contribution in [0.3, 0.4) is 0 Å². The zero-order valence-corrected chi connectivity index (χ0v) is 13.0. The maximum absolute atomic E-state index is 0. The molecule has 0 atom stereocenters. The molecular formula is H6Ca2KNa. The van der Waals surface area contributed by atoms with Crippen molar-refractivity contribution < 1.29 is 89.5 Å². The molecule has 0 saturated heterocycles. The van der Waals surface area contributed by atoms with Gasteiger partial charge in [0.1, 0.15) is 0 Å². The second-order valence-electron chi connectivity index (χ2n) is 0. The van der Waals surface area contributed by atoms with Gasteiger partial charge in [-0.05, 0) is 0 Å². The Morgan fingerprint density at radius 3 is 1.00 bits per heavy atom. The molecule has 0 spiro atoms. The van der Waals surface area contributed by atoms with E-state index in [1.54, 1.807) is 0 Å². The average molecular weight is 148 g/mol. The van der Waals surface area contributed by atoms with Crippen LogP contribution in [0.2, 0.25) is 0 Å². The van der Waals surface area contributed by atoms with Crippen LogP contribution in [0, 0.1) is 0 Å². The van der Waals surface area contributed by atoms with Crippen molar-refractivity contribution in [3.8, 4) is 0 Å². The van der Waals surface area contributed by atoms with E-state index >= 15 is 0 Å². The van der Waals surface area contributed by atoms with Crippen LogP contribution < -0.4 is 80.9 Å². The Hall–Kier alpha value is 5.16. The smallest absolute Gasteiger partial charge is 1.00 e. The molecule has 0 aromatic heterocycles. The van der Waals surface area contributed by atoms with Crippen molar-refractivity contribution in [1.29, 1.82) is 0 Å². The molecule has 0 nitrogen and oxygen atoms in total. The second-order valence-corrected chi connectivity index (χ2v) is 0. The minimum Gasteiger partial charge on any atom is -1.00 e. The SMILES string of the molecule is [Ca+2].[Ca+2].[H-].[H-].[H-].[H-].[H-].[H-].[K+].[Na+]. The van der Waals surface area contributed by atoms with Gasteiger partial charge in [0, 0.05) is 0 Å². The van der Waals surface area contributed by atoms with E-state index in [0.717, 1.165) is 0 Å². The topological polar surface area (TPSA) is 0 Å². The molecule has 12 valence electrons. The van der Waals surface area contributed by atoms with Gasteiger partial charge in [0.05, 0.1) is 0 Å². The van der Waals surface area contributed by atoms with Crippen molar-refractivity contribution in [2.75, 3.05) is 0 Å². The third-order valence-electron chi connectivity index (χ3n) is 0. The van der Waals surface area contributed by atoms with Crippen molar-refractivity contribution in [2.45, 2.75) is 0 Å². The predicted molar refractivity (Wildman–Crippen MR) is 18.2 cm³/mol. The van der Waals surface area contributed by atoms with E-state index < -0.39 is 0 Å². The molecule has 0 amide bonds. The fourth-order valence-corrected chi connectivity index (χ4v) is 0. The maximum Gasteiger partial charge on any atom is 2.00 e. The van der Waals surface area contributed by atoms with Crippen molar-refractivity contribution in [1.82, 2.24) is 0 Å². The second kappa shape index (κ2) is 15.7. The Bertz CT molecular complexity index is 15.7. The summed E-state index contributed by atoms with van der Waals surface area (Å²) in [7, 11) is 0. The van der Waals surface area contributed by atoms with E-state index in [1.807, 2.05) is 0 Å². The Balaban J connectivity index is 0. The van der Waals surface area contributed by atoms with Crippen LogP contribution in [0.4, 0.5) is 0 Å². The number of hydrogen-bond donors (Lipinski definition) is 0. The third-order valence-corrected chi connectivity index (χ3v) is 0. The summed E-state index contributed by atoms with van der Waals surface area (Å²) in [6.07, 6.45) is 0. The molecule has 0 rings (SSSR count). The Morgan fingerprint density at radius 1 is 1.00 bits per heavy atom. The minimum atomic E-state index is 0. The van der Waals surface area contributed by atoms with Gasteiger partial charge >= 0.3 is 156 Å². The van der Waals surface area contributed by atoms with Crippen molar-refractivity contribution in [3.63, 3.8) is 0 Å². The first-order valence-electron chi connectivity index (χ1n) is 0. The standard InChI is InChI=1S/2Ca.K.Na.6H/q2*+2;2*+1;6*-1. The molecule has 0 radical (unpaired) electrons. The summed E-state index contributed by atoms with van der Waals surface area (Å²) < 4.78 is 0. The van der Waals surface area contributed by atoms with Gasteiger partial charge in [-0.3, -0.25) is 0 Å². The number of hydrogen-bond acceptors (Lipinski definition) is 0. The first-order valence-corrected chi connectivity index (χ1v) is 0. The van der Waals surface area contributed by atoms with E-state index in [4.69, 9.17) is 0 Å². The van der Waals surface area contributed by atoms with Gasteiger partial charge in [-0.1, -0.05) is 0 Å². The van der Waals surface area contributed by atoms with Gasteiger partial charge in [0.2, 0.25) is 0 Å². The summed E-state index contributed by atoms with van der Waals surface area (Å²) in [5.41, 5.74) is 0. The Kier molecular flexibility index (Phi) is 90.0. The van der Waals surface area contributed by atoms with Crippen LogP contribution in [0.1, 0.15) is 8.56 Å². The molecule has 0 fully saturated rings. The van der Waals surface area contributed by atoms with E-state index in [-0.39, 0.29) is 165 Å². The fraction of sp³-hybridized carbons (Fsp3) is 0. The summed E-state index contributed by atoms with van der Waals surface area (Å²) in [4.78, 5) is 0. The summed E-state index contributed by atoms with van der Waals surface area (Å²) in [6.45, 7) is 0. The van der Waals surface area contributed by atoms with E-state index in [1.165, 1.54) is 0 Å². The van der Waals surface area contributed by atoms with Gasteiger partial charge in [-0.2, -0.15) is 0 Å². The van der Waals surface area contributed by atoms with Gasteiger partial charge in [0.15, 0.2) is 0 Å². The molecule has 0 aliphatic heterocycles.